The van der Waals surface area contributed by atoms with Crippen molar-refractivity contribution in [3.8, 4) is 0 Å². The molecule has 0 radical (unpaired) electrons. The van der Waals surface area contributed by atoms with E-state index in [9.17, 15) is 0 Å². The van der Waals surface area contributed by atoms with E-state index in [2.05, 4.69) is 16.0 Å². The summed E-state index contributed by atoms with van der Waals surface area (Å²) in [6.07, 6.45) is 0. The van der Waals surface area contributed by atoms with Gasteiger partial charge in [-0.3, -0.25) is 0 Å². The molecular formula is C10H8N2OS. The first-order chi connectivity index (χ1) is 6.93. The minimum Gasteiger partial charge on any atom is -0.474 e. The van der Waals surface area contributed by atoms with Gasteiger partial charge in [0, 0.05) is 0 Å². The predicted octanol–water partition coefficient (Wildman–Crippen LogP) is 2.07. The van der Waals surface area contributed by atoms with Crippen molar-refractivity contribution in [3.05, 3.63) is 29.3 Å². The molecular weight excluding hydrogens is 196 g/mol. The molecule has 3 rings (SSSR count). The van der Waals surface area contributed by atoms with Gasteiger partial charge in [-0.2, -0.15) is 0 Å². The van der Waals surface area contributed by atoms with E-state index >= 15 is 0 Å². The number of rotatable bonds is 1. The average Bonchev–Trinajstić information content (AvgIpc) is 2.86. The second-order valence-corrected chi connectivity index (χ2v) is 4.05. The van der Waals surface area contributed by atoms with Crippen molar-refractivity contribution in [1.82, 2.24) is 4.98 Å². The van der Waals surface area contributed by atoms with Crippen molar-refractivity contribution in [2.24, 2.45) is 4.99 Å². The minimum absolute atomic E-state index is 0.686. The molecule has 1 aliphatic rings. The van der Waals surface area contributed by atoms with E-state index in [0.717, 1.165) is 17.1 Å². The van der Waals surface area contributed by atoms with Crippen LogP contribution in [0.4, 0.5) is 0 Å². The molecule has 0 saturated heterocycles. The molecule has 0 unspecified atom stereocenters. The smallest absolute Gasteiger partial charge is 0.246 e. The summed E-state index contributed by atoms with van der Waals surface area (Å²) < 4.78 is 6.55. The van der Waals surface area contributed by atoms with Crippen molar-refractivity contribution in [1.29, 1.82) is 0 Å². The summed E-state index contributed by atoms with van der Waals surface area (Å²) in [6, 6.07) is 8.07. The maximum atomic E-state index is 5.37. The van der Waals surface area contributed by atoms with Crippen LogP contribution in [0.2, 0.25) is 0 Å². The maximum absolute atomic E-state index is 5.37. The Bertz CT molecular complexity index is 471. The monoisotopic (exact) mass is 204 g/mol. The highest BCUT2D eigenvalue weighted by Crippen LogP contribution is 2.23. The summed E-state index contributed by atoms with van der Waals surface area (Å²) in [7, 11) is 0. The van der Waals surface area contributed by atoms with E-state index in [1.54, 1.807) is 11.3 Å². The molecule has 4 heteroatoms. The Kier molecular flexibility index (Phi) is 1.73. The number of aromatic nitrogens is 1. The zero-order valence-electron chi connectivity index (χ0n) is 7.43. The van der Waals surface area contributed by atoms with Gasteiger partial charge < -0.3 is 4.74 Å². The molecule has 1 aromatic carbocycles. The van der Waals surface area contributed by atoms with Crippen LogP contribution in [0.25, 0.3) is 10.2 Å². The zero-order valence-corrected chi connectivity index (χ0v) is 8.25. The average molecular weight is 204 g/mol. The number of ether oxygens (including phenoxy) is 1. The van der Waals surface area contributed by atoms with Gasteiger partial charge in [-0.15, -0.1) is 11.3 Å². The molecule has 0 fully saturated rings. The normalized spacial score (nSPS) is 15.6. The number of benzene rings is 1. The number of fused-ring (bicyclic) bond motifs is 1. The largest absolute Gasteiger partial charge is 0.474 e. The minimum atomic E-state index is 0.686. The fraction of sp³-hybridized carbons (Fsp3) is 0.200. The molecule has 70 valence electrons. The molecule has 1 aliphatic heterocycles. The van der Waals surface area contributed by atoms with E-state index < -0.39 is 0 Å². The number of hydrogen-bond donors (Lipinski definition) is 0. The lowest BCUT2D eigenvalue weighted by atomic mass is 10.3. The third kappa shape index (κ3) is 1.19. The Hall–Kier alpha value is -1.42. The molecule has 2 heterocycles. The van der Waals surface area contributed by atoms with Crippen molar-refractivity contribution < 1.29 is 4.74 Å². The van der Waals surface area contributed by atoms with Crippen LogP contribution < -0.4 is 0 Å². The standard InChI is InChI=1S/C10H8N2OS/c1-2-4-8-7(3-1)12-10(14-8)9-11-5-6-13-9/h1-4H,5-6H2. The highest BCUT2D eigenvalue weighted by molar-refractivity contribution is 7.20. The predicted molar refractivity (Wildman–Crippen MR) is 57.0 cm³/mol. The molecule has 0 saturated carbocycles. The Morgan fingerprint density at radius 3 is 3.00 bits per heavy atom. The third-order valence-electron chi connectivity index (χ3n) is 2.06. The number of nitrogens with zero attached hydrogens (tertiary/aromatic N) is 2. The summed E-state index contributed by atoms with van der Waals surface area (Å²) in [6.45, 7) is 1.44. The first-order valence-electron chi connectivity index (χ1n) is 4.47. The summed E-state index contributed by atoms with van der Waals surface area (Å²) in [5.41, 5.74) is 1.02. The van der Waals surface area contributed by atoms with Crippen LogP contribution in [0.3, 0.4) is 0 Å². The summed E-state index contributed by atoms with van der Waals surface area (Å²) in [5, 5.41) is 0.892. The van der Waals surface area contributed by atoms with Crippen LogP contribution in [-0.2, 0) is 4.74 Å². The Morgan fingerprint density at radius 2 is 2.21 bits per heavy atom. The second kappa shape index (κ2) is 3.06. The van der Waals surface area contributed by atoms with Crippen LogP contribution in [-0.4, -0.2) is 24.0 Å². The third-order valence-corrected chi connectivity index (χ3v) is 3.09. The lowest BCUT2D eigenvalue weighted by Crippen LogP contribution is -1.99. The van der Waals surface area contributed by atoms with E-state index in [-0.39, 0.29) is 0 Å². The van der Waals surface area contributed by atoms with Crippen molar-refractivity contribution >= 4 is 27.5 Å². The molecule has 0 atom stereocenters. The van der Waals surface area contributed by atoms with Crippen LogP contribution in [0.5, 0.6) is 0 Å². The molecule has 0 bridgehead atoms. The van der Waals surface area contributed by atoms with Crippen LogP contribution in [0.1, 0.15) is 5.01 Å². The highest BCUT2D eigenvalue weighted by atomic mass is 32.1. The zero-order chi connectivity index (χ0) is 9.38. The summed E-state index contributed by atoms with van der Waals surface area (Å²) in [5.74, 6) is 0.700. The van der Waals surface area contributed by atoms with Crippen molar-refractivity contribution in [2.75, 3.05) is 13.2 Å². The van der Waals surface area contributed by atoms with Gasteiger partial charge in [0.2, 0.25) is 5.90 Å². The van der Waals surface area contributed by atoms with Crippen LogP contribution in [0, 0.1) is 0 Å². The van der Waals surface area contributed by atoms with Crippen LogP contribution >= 0.6 is 11.3 Å². The quantitative estimate of drug-likeness (QED) is 0.712. The van der Waals surface area contributed by atoms with Gasteiger partial charge >= 0.3 is 0 Å². The van der Waals surface area contributed by atoms with Gasteiger partial charge in [0.1, 0.15) is 6.61 Å². The van der Waals surface area contributed by atoms with Gasteiger partial charge in [-0.25, -0.2) is 9.98 Å². The number of aliphatic imine (C=N–C) groups is 1. The van der Waals surface area contributed by atoms with Crippen LogP contribution in [0.15, 0.2) is 29.3 Å². The molecule has 0 aliphatic carbocycles. The van der Waals surface area contributed by atoms with Gasteiger partial charge in [0.05, 0.1) is 16.8 Å². The molecule has 1 aromatic heterocycles. The lowest BCUT2D eigenvalue weighted by molar-refractivity contribution is 0.348. The Labute approximate surface area is 85.1 Å². The van der Waals surface area contributed by atoms with E-state index in [1.165, 1.54) is 4.70 Å². The number of para-hydroxylation sites is 1. The molecule has 0 amide bonds. The maximum Gasteiger partial charge on any atom is 0.246 e. The second-order valence-electron chi connectivity index (χ2n) is 3.02. The van der Waals surface area contributed by atoms with Gasteiger partial charge in [-0.05, 0) is 12.1 Å². The molecule has 3 nitrogen and oxygen atoms in total. The van der Waals surface area contributed by atoms with Crippen molar-refractivity contribution in [3.63, 3.8) is 0 Å². The van der Waals surface area contributed by atoms with E-state index in [4.69, 9.17) is 4.74 Å². The fourth-order valence-electron chi connectivity index (χ4n) is 1.43. The Morgan fingerprint density at radius 1 is 1.29 bits per heavy atom. The molecule has 0 N–H and O–H groups in total. The first kappa shape index (κ1) is 7.94. The van der Waals surface area contributed by atoms with Gasteiger partial charge in [-0.1, -0.05) is 12.1 Å². The number of hydrogen-bond acceptors (Lipinski definition) is 4. The van der Waals surface area contributed by atoms with Gasteiger partial charge in [0.15, 0.2) is 5.01 Å². The molecule has 0 spiro atoms. The summed E-state index contributed by atoms with van der Waals surface area (Å²) >= 11 is 1.63. The Balaban J connectivity index is 2.14. The van der Waals surface area contributed by atoms with Crippen molar-refractivity contribution in [2.45, 2.75) is 0 Å². The topological polar surface area (TPSA) is 34.5 Å². The number of thiazole rings is 1. The first-order valence-corrected chi connectivity index (χ1v) is 5.28. The SMILES string of the molecule is c1ccc2sc(C3=NCCO3)nc2c1. The highest BCUT2D eigenvalue weighted by Gasteiger charge is 2.14. The molecule has 2 aromatic rings. The van der Waals surface area contributed by atoms with E-state index in [0.29, 0.717) is 12.5 Å². The lowest BCUT2D eigenvalue weighted by Gasteiger charge is -1.93. The van der Waals surface area contributed by atoms with E-state index in [1.807, 2.05) is 18.2 Å². The summed E-state index contributed by atoms with van der Waals surface area (Å²) in [4.78, 5) is 8.70. The molecule has 14 heavy (non-hydrogen) atoms. The van der Waals surface area contributed by atoms with Gasteiger partial charge in [0.25, 0.3) is 0 Å². The fourth-order valence-corrected chi connectivity index (χ4v) is 2.36.